The first kappa shape index (κ1) is 14.4. The Kier molecular flexibility index (Phi) is 3.64. The summed E-state index contributed by atoms with van der Waals surface area (Å²) in [5.74, 6) is -0.213. The molecule has 3 heteroatoms. The van der Waals surface area contributed by atoms with E-state index in [4.69, 9.17) is 0 Å². The minimum atomic E-state index is -0.107. The Morgan fingerprint density at radius 3 is 1.83 bits per heavy atom. The van der Waals surface area contributed by atoms with E-state index in [0.717, 1.165) is 36.5 Å². The number of nitrogens with zero attached hydrogens (tertiary/aromatic N) is 1. The fraction of sp³-hybridized carbons (Fsp3) is 0.400. The number of rotatable bonds is 1. The van der Waals surface area contributed by atoms with Crippen molar-refractivity contribution in [3.05, 3.63) is 47.5 Å². The van der Waals surface area contributed by atoms with Crippen LogP contribution in [0.25, 0.3) is 10.8 Å². The van der Waals surface area contributed by atoms with Crippen LogP contribution in [0.3, 0.4) is 0 Å². The number of amides is 2. The van der Waals surface area contributed by atoms with Crippen LogP contribution < -0.4 is 0 Å². The zero-order valence-electron chi connectivity index (χ0n) is 13.3. The van der Waals surface area contributed by atoms with E-state index in [2.05, 4.69) is 0 Å². The molecule has 0 bridgehead atoms. The molecule has 1 heterocycles. The number of carbonyl (C=O) groups is 2. The molecule has 4 rings (SSSR count). The Morgan fingerprint density at radius 2 is 1.26 bits per heavy atom. The van der Waals surface area contributed by atoms with Gasteiger partial charge in [0, 0.05) is 22.6 Å². The first-order valence-corrected chi connectivity index (χ1v) is 8.67. The van der Waals surface area contributed by atoms with Gasteiger partial charge in [-0.1, -0.05) is 56.4 Å². The minimum absolute atomic E-state index is 0.0545. The molecule has 1 aliphatic carbocycles. The highest BCUT2D eigenvalue weighted by molar-refractivity contribution is 6.25. The number of benzene rings is 2. The van der Waals surface area contributed by atoms with Crippen molar-refractivity contribution < 1.29 is 9.59 Å². The molecule has 3 nitrogen and oxygen atoms in total. The van der Waals surface area contributed by atoms with Gasteiger partial charge in [-0.2, -0.15) is 0 Å². The molecule has 0 radical (unpaired) electrons. The van der Waals surface area contributed by atoms with Gasteiger partial charge in [-0.3, -0.25) is 14.5 Å². The minimum Gasteiger partial charge on any atom is -0.271 e. The van der Waals surface area contributed by atoms with Gasteiger partial charge in [0.05, 0.1) is 0 Å². The molecule has 2 aromatic rings. The van der Waals surface area contributed by atoms with Gasteiger partial charge in [-0.25, -0.2) is 0 Å². The molecule has 0 N–H and O–H groups in total. The van der Waals surface area contributed by atoms with E-state index < -0.39 is 0 Å². The zero-order valence-corrected chi connectivity index (χ0v) is 13.3. The Bertz CT molecular complexity index is 722. The molecule has 23 heavy (non-hydrogen) atoms. The Hall–Kier alpha value is -2.16. The molecular weight excluding hydrogens is 286 g/mol. The standard InChI is InChI=1S/C20H21NO2/c22-19-16-12-6-8-14-9-7-13-17(18(14)16)20(23)21(19)15-10-4-2-1-3-5-11-15/h6-9,12-13,15H,1-5,10-11H2. The highest BCUT2D eigenvalue weighted by Gasteiger charge is 2.36. The van der Waals surface area contributed by atoms with E-state index in [1.165, 1.54) is 19.3 Å². The fourth-order valence-electron chi connectivity index (χ4n) is 4.07. The number of carbonyl (C=O) groups excluding carboxylic acids is 2. The van der Waals surface area contributed by atoms with E-state index in [9.17, 15) is 9.59 Å². The maximum Gasteiger partial charge on any atom is 0.261 e. The average Bonchev–Trinajstić information content (AvgIpc) is 2.54. The van der Waals surface area contributed by atoms with Crippen LogP contribution in [0, 0.1) is 0 Å². The monoisotopic (exact) mass is 307 g/mol. The van der Waals surface area contributed by atoms with Gasteiger partial charge in [-0.05, 0) is 30.4 Å². The van der Waals surface area contributed by atoms with Gasteiger partial charge >= 0.3 is 0 Å². The van der Waals surface area contributed by atoms with E-state index in [0.29, 0.717) is 11.1 Å². The maximum atomic E-state index is 13.0. The van der Waals surface area contributed by atoms with Crippen molar-refractivity contribution in [2.75, 3.05) is 0 Å². The fourth-order valence-corrected chi connectivity index (χ4v) is 4.07. The number of imide groups is 1. The third kappa shape index (κ3) is 2.35. The summed E-state index contributed by atoms with van der Waals surface area (Å²) in [6, 6.07) is 11.5. The molecule has 1 fully saturated rings. The molecule has 0 unspecified atom stereocenters. The summed E-state index contributed by atoms with van der Waals surface area (Å²) in [5, 5.41) is 1.80. The summed E-state index contributed by atoms with van der Waals surface area (Å²) in [6.45, 7) is 0. The van der Waals surface area contributed by atoms with Gasteiger partial charge in [0.1, 0.15) is 0 Å². The third-order valence-electron chi connectivity index (χ3n) is 5.24. The second-order valence-electron chi connectivity index (χ2n) is 6.69. The van der Waals surface area contributed by atoms with Crippen molar-refractivity contribution >= 4 is 22.6 Å². The zero-order chi connectivity index (χ0) is 15.8. The summed E-state index contributed by atoms with van der Waals surface area (Å²) >= 11 is 0. The summed E-state index contributed by atoms with van der Waals surface area (Å²) in [4.78, 5) is 27.6. The molecule has 2 amide bonds. The van der Waals surface area contributed by atoms with Crippen molar-refractivity contribution in [1.82, 2.24) is 4.90 Å². The van der Waals surface area contributed by atoms with Crippen molar-refractivity contribution in [2.45, 2.75) is 51.0 Å². The van der Waals surface area contributed by atoms with Crippen LogP contribution in [0.2, 0.25) is 0 Å². The highest BCUT2D eigenvalue weighted by atomic mass is 16.2. The lowest BCUT2D eigenvalue weighted by molar-refractivity contribution is 0.0513. The second kappa shape index (κ2) is 5.80. The lowest BCUT2D eigenvalue weighted by Gasteiger charge is -2.34. The smallest absolute Gasteiger partial charge is 0.261 e. The van der Waals surface area contributed by atoms with Crippen LogP contribution >= 0.6 is 0 Å². The van der Waals surface area contributed by atoms with Crippen LogP contribution in [-0.4, -0.2) is 22.8 Å². The lowest BCUT2D eigenvalue weighted by Crippen LogP contribution is -2.47. The normalized spacial score (nSPS) is 19.7. The first-order valence-electron chi connectivity index (χ1n) is 8.67. The molecule has 0 aromatic heterocycles. The van der Waals surface area contributed by atoms with Crippen molar-refractivity contribution in [1.29, 1.82) is 0 Å². The molecular formula is C20H21NO2. The topological polar surface area (TPSA) is 37.4 Å². The van der Waals surface area contributed by atoms with Crippen LogP contribution in [0.1, 0.15) is 65.7 Å². The summed E-state index contributed by atoms with van der Waals surface area (Å²) in [6.07, 6.45) is 7.78. The molecule has 0 spiro atoms. The van der Waals surface area contributed by atoms with E-state index in [1.54, 1.807) is 4.90 Å². The highest BCUT2D eigenvalue weighted by Crippen LogP contribution is 2.33. The Morgan fingerprint density at radius 1 is 0.739 bits per heavy atom. The average molecular weight is 307 g/mol. The van der Waals surface area contributed by atoms with Crippen LogP contribution in [0.4, 0.5) is 0 Å². The molecule has 118 valence electrons. The Balaban J connectivity index is 1.79. The SMILES string of the molecule is O=C1c2cccc3cccc(c23)C(=O)N1C1CCCCCCC1. The van der Waals surface area contributed by atoms with Crippen LogP contribution in [0.15, 0.2) is 36.4 Å². The second-order valence-corrected chi connectivity index (χ2v) is 6.69. The van der Waals surface area contributed by atoms with Gasteiger partial charge in [-0.15, -0.1) is 0 Å². The van der Waals surface area contributed by atoms with Crippen molar-refractivity contribution in [3.8, 4) is 0 Å². The van der Waals surface area contributed by atoms with Gasteiger partial charge in [0.25, 0.3) is 11.8 Å². The molecule has 2 aliphatic rings. The lowest BCUT2D eigenvalue weighted by atomic mass is 9.90. The van der Waals surface area contributed by atoms with E-state index in [1.807, 2.05) is 36.4 Å². The van der Waals surface area contributed by atoms with Crippen molar-refractivity contribution in [3.63, 3.8) is 0 Å². The Labute approximate surface area is 136 Å². The van der Waals surface area contributed by atoms with E-state index >= 15 is 0 Å². The van der Waals surface area contributed by atoms with E-state index in [-0.39, 0.29) is 17.9 Å². The molecule has 1 saturated carbocycles. The summed E-state index contributed by atoms with van der Waals surface area (Å²) < 4.78 is 0. The first-order chi connectivity index (χ1) is 11.3. The predicted molar refractivity (Wildman–Crippen MR) is 90.6 cm³/mol. The number of hydrogen-bond donors (Lipinski definition) is 0. The van der Waals surface area contributed by atoms with Crippen molar-refractivity contribution in [2.24, 2.45) is 0 Å². The van der Waals surface area contributed by atoms with Crippen LogP contribution in [-0.2, 0) is 0 Å². The van der Waals surface area contributed by atoms with Crippen LogP contribution in [0.5, 0.6) is 0 Å². The third-order valence-corrected chi connectivity index (χ3v) is 5.24. The van der Waals surface area contributed by atoms with Gasteiger partial charge < -0.3 is 0 Å². The predicted octanol–water partition coefficient (Wildman–Crippen LogP) is 4.55. The van der Waals surface area contributed by atoms with Gasteiger partial charge in [0.15, 0.2) is 0 Å². The molecule has 0 saturated heterocycles. The molecule has 1 aliphatic heterocycles. The number of hydrogen-bond acceptors (Lipinski definition) is 2. The molecule has 0 atom stereocenters. The largest absolute Gasteiger partial charge is 0.271 e. The summed E-state index contributed by atoms with van der Waals surface area (Å²) in [5.41, 5.74) is 1.36. The summed E-state index contributed by atoms with van der Waals surface area (Å²) in [7, 11) is 0. The molecule has 2 aromatic carbocycles. The maximum absolute atomic E-state index is 13.0. The quantitative estimate of drug-likeness (QED) is 0.725. The van der Waals surface area contributed by atoms with Gasteiger partial charge in [0.2, 0.25) is 0 Å².